The molecule has 0 aliphatic heterocycles. The van der Waals surface area contributed by atoms with Crippen LogP contribution in [0, 0.1) is 11.8 Å². The number of hydrogen-bond donors (Lipinski definition) is 2. The van der Waals surface area contributed by atoms with Crippen molar-refractivity contribution < 1.29 is 14.7 Å². The van der Waals surface area contributed by atoms with Gasteiger partial charge in [0.15, 0.2) is 0 Å². The Labute approximate surface area is 86.7 Å². The van der Waals surface area contributed by atoms with E-state index < -0.39 is 11.9 Å². The van der Waals surface area contributed by atoms with Crippen LogP contribution in [0.5, 0.6) is 0 Å². The number of carbonyl (C=O) groups is 2. The first-order chi connectivity index (χ1) is 7.09. The van der Waals surface area contributed by atoms with Gasteiger partial charge in [0, 0.05) is 11.1 Å². The Kier molecular flexibility index (Phi) is 3.47. The Hall–Kier alpha value is -2.28. The van der Waals surface area contributed by atoms with E-state index in [4.69, 9.17) is 10.8 Å². The van der Waals surface area contributed by atoms with Crippen molar-refractivity contribution in [3.05, 3.63) is 35.4 Å². The van der Waals surface area contributed by atoms with Gasteiger partial charge in [-0.05, 0) is 18.2 Å². The third-order valence-electron chi connectivity index (χ3n) is 1.62. The molecule has 0 saturated heterocycles. The first-order valence-corrected chi connectivity index (χ1v) is 4.20. The van der Waals surface area contributed by atoms with E-state index in [1.54, 1.807) is 18.2 Å². The Morgan fingerprint density at radius 1 is 1.40 bits per heavy atom. The maximum absolute atomic E-state index is 10.8. The Morgan fingerprint density at radius 2 is 2.13 bits per heavy atom. The van der Waals surface area contributed by atoms with E-state index in [9.17, 15) is 9.59 Å². The molecule has 15 heavy (non-hydrogen) atoms. The lowest BCUT2D eigenvalue weighted by atomic mass is 10.1. The van der Waals surface area contributed by atoms with Crippen LogP contribution in [-0.4, -0.2) is 17.0 Å². The third kappa shape index (κ3) is 3.53. The molecule has 0 aromatic heterocycles. The number of rotatable bonds is 2. The summed E-state index contributed by atoms with van der Waals surface area (Å²) in [6, 6.07) is 6.42. The maximum Gasteiger partial charge on any atom is 0.315 e. The van der Waals surface area contributed by atoms with E-state index in [1.165, 1.54) is 6.07 Å². The molecule has 4 nitrogen and oxygen atoms in total. The van der Waals surface area contributed by atoms with E-state index in [0.717, 1.165) is 0 Å². The molecule has 0 fully saturated rings. The molecule has 0 spiro atoms. The van der Waals surface area contributed by atoms with Gasteiger partial charge in [0.05, 0.1) is 0 Å². The number of carboxylic acid groups (broad SMARTS) is 1. The molecule has 0 atom stereocenters. The molecule has 1 aromatic rings. The number of primary amides is 1. The van der Waals surface area contributed by atoms with Gasteiger partial charge in [-0.15, -0.1) is 0 Å². The van der Waals surface area contributed by atoms with Crippen LogP contribution in [0.4, 0.5) is 0 Å². The second-order valence-electron chi connectivity index (χ2n) is 2.82. The standard InChI is InChI=1S/C11H9NO3/c12-11(15)9-5-1-3-8(7-9)4-2-6-10(13)14/h1,3,5,7H,6H2,(H2,12,15)(H,13,14). The largest absolute Gasteiger partial charge is 0.481 e. The van der Waals surface area contributed by atoms with E-state index >= 15 is 0 Å². The minimum absolute atomic E-state index is 0.221. The van der Waals surface area contributed by atoms with Crippen LogP contribution in [0.3, 0.4) is 0 Å². The van der Waals surface area contributed by atoms with Gasteiger partial charge in [0.1, 0.15) is 6.42 Å². The highest BCUT2D eigenvalue weighted by atomic mass is 16.4. The first kappa shape index (κ1) is 10.8. The topological polar surface area (TPSA) is 80.4 Å². The van der Waals surface area contributed by atoms with Crippen molar-refractivity contribution in [2.45, 2.75) is 6.42 Å². The van der Waals surface area contributed by atoms with Crippen LogP contribution in [0.25, 0.3) is 0 Å². The number of carbonyl (C=O) groups excluding carboxylic acids is 1. The van der Waals surface area contributed by atoms with E-state index in [-0.39, 0.29) is 6.42 Å². The van der Waals surface area contributed by atoms with Crippen molar-refractivity contribution >= 4 is 11.9 Å². The van der Waals surface area contributed by atoms with E-state index in [1.807, 2.05) is 0 Å². The first-order valence-electron chi connectivity index (χ1n) is 4.20. The van der Waals surface area contributed by atoms with Gasteiger partial charge in [-0.1, -0.05) is 17.9 Å². The molecule has 0 radical (unpaired) electrons. The maximum atomic E-state index is 10.8. The lowest BCUT2D eigenvalue weighted by Crippen LogP contribution is -2.10. The molecule has 0 bridgehead atoms. The highest BCUT2D eigenvalue weighted by Gasteiger charge is 1.98. The second kappa shape index (κ2) is 4.82. The number of aliphatic carboxylic acids is 1. The average molecular weight is 203 g/mol. The lowest BCUT2D eigenvalue weighted by Gasteiger charge is -1.94. The van der Waals surface area contributed by atoms with E-state index in [0.29, 0.717) is 11.1 Å². The van der Waals surface area contributed by atoms with Gasteiger partial charge in [0.25, 0.3) is 0 Å². The van der Waals surface area contributed by atoms with E-state index in [2.05, 4.69) is 11.8 Å². The SMILES string of the molecule is NC(=O)c1cccc(C#CCC(=O)O)c1. The fraction of sp³-hybridized carbons (Fsp3) is 0.0909. The number of amides is 1. The van der Waals surface area contributed by atoms with Gasteiger partial charge < -0.3 is 10.8 Å². The molecule has 0 aliphatic rings. The smallest absolute Gasteiger partial charge is 0.315 e. The predicted molar refractivity (Wildman–Crippen MR) is 54.1 cm³/mol. The second-order valence-corrected chi connectivity index (χ2v) is 2.82. The Balaban J connectivity index is 2.85. The summed E-state index contributed by atoms with van der Waals surface area (Å²) in [5.74, 6) is 3.59. The van der Waals surface area contributed by atoms with Crippen molar-refractivity contribution in [3.8, 4) is 11.8 Å². The fourth-order valence-corrected chi connectivity index (χ4v) is 0.972. The van der Waals surface area contributed by atoms with Gasteiger partial charge in [-0.3, -0.25) is 9.59 Å². The highest BCUT2D eigenvalue weighted by Crippen LogP contribution is 2.02. The van der Waals surface area contributed by atoms with Gasteiger partial charge >= 0.3 is 5.97 Å². The number of hydrogen-bond acceptors (Lipinski definition) is 2. The zero-order chi connectivity index (χ0) is 11.3. The summed E-state index contributed by atoms with van der Waals surface area (Å²) in [6.07, 6.45) is -0.221. The van der Waals surface area contributed by atoms with Crippen molar-refractivity contribution in [2.24, 2.45) is 5.73 Å². The molecule has 3 N–H and O–H groups in total. The average Bonchev–Trinajstić information content (AvgIpc) is 2.17. The van der Waals surface area contributed by atoms with Crippen LogP contribution in [0.2, 0.25) is 0 Å². The minimum Gasteiger partial charge on any atom is -0.481 e. The van der Waals surface area contributed by atoms with Crippen LogP contribution in [-0.2, 0) is 4.79 Å². The van der Waals surface area contributed by atoms with Crippen LogP contribution < -0.4 is 5.73 Å². The molecule has 0 aliphatic carbocycles. The summed E-state index contributed by atoms with van der Waals surface area (Å²) in [6.45, 7) is 0. The zero-order valence-corrected chi connectivity index (χ0v) is 7.86. The Bertz CT molecular complexity index is 454. The normalized spacial score (nSPS) is 8.80. The molecule has 76 valence electrons. The van der Waals surface area contributed by atoms with Crippen molar-refractivity contribution in [2.75, 3.05) is 0 Å². The summed E-state index contributed by atoms with van der Waals surface area (Å²) in [7, 11) is 0. The van der Waals surface area contributed by atoms with Crippen molar-refractivity contribution in [1.82, 2.24) is 0 Å². The molecule has 4 heteroatoms. The Morgan fingerprint density at radius 3 is 2.73 bits per heavy atom. The number of nitrogens with two attached hydrogens (primary N) is 1. The summed E-state index contributed by atoms with van der Waals surface area (Å²) < 4.78 is 0. The zero-order valence-electron chi connectivity index (χ0n) is 7.86. The lowest BCUT2D eigenvalue weighted by molar-refractivity contribution is -0.135. The number of carboxylic acids is 1. The minimum atomic E-state index is -0.978. The van der Waals surface area contributed by atoms with Crippen molar-refractivity contribution in [1.29, 1.82) is 0 Å². The molecular formula is C11H9NO3. The molecule has 1 amide bonds. The van der Waals surface area contributed by atoms with Crippen LogP contribution in [0.15, 0.2) is 24.3 Å². The molecule has 1 rings (SSSR count). The summed E-state index contributed by atoms with van der Waals surface area (Å²) in [5.41, 5.74) is 6.01. The highest BCUT2D eigenvalue weighted by molar-refractivity contribution is 5.93. The molecule has 0 saturated carbocycles. The molecular weight excluding hydrogens is 194 g/mol. The van der Waals surface area contributed by atoms with Gasteiger partial charge in [-0.25, -0.2) is 0 Å². The van der Waals surface area contributed by atoms with Crippen LogP contribution in [0.1, 0.15) is 22.3 Å². The van der Waals surface area contributed by atoms with Crippen molar-refractivity contribution in [3.63, 3.8) is 0 Å². The molecule has 1 aromatic carbocycles. The fourth-order valence-electron chi connectivity index (χ4n) is 0.972. The number of benzene rings is 1. The van der Waals surface area contributed by atoms with Gasteiger partial charge in [-0.2, -0.15) is 0 Å². The summed E-state index contributed by atoms with van der Waals surface area (Å²) in [4.78, 5) is 21.0. The molecule has 0 unspecified atom stereocenters. The van der Waals surface area contributed by atoms with Gasteiger partial charge in [0.2, 0.25) is 5.91 Å². The summed E-state index contributed by atoms with van der Waals surface area (Å²) in [5, 5.41) is 8.36. The third-order valence-corrected chi connectivity index (χ3v) is 1.62. The molecule has 0 heterocycles. The monoisotopic (exact) mass is 203 g/mol. The quantitative estimate of drug-likeness (QED) is 0.691. The summed E-state index contributed by atoms with van der Waals surface area (Å²) >= 11 is 0. The predicted octanol–water partition coefficient (Wildman–Crippen LogP) is 0.612. The van der Waals surface area contributed by atoms with Crippen LogP contribution >= 0.6 is 0 Å².